The lowest BCUT2D eigenvalue weighted by Gasteiger charge is -2.09. The molecule has 2 rings (SSSR count). The number of thioether (sulfide) groups is 2. The van der Waals surface area contributed by atoms with Gasteiger partial charge in [-0.25, -0.2) is 9.97 Å². The van der Waals surface area contributed by atoms with Crippen LogP contribution in [0.15, 0.2) is 28.3 Å². The van der Waals surface area contributed by atoms with E-state index in [-0.39, 0.29) is 5.95 Å². The standard InChI is InChI=1S/C13H10Cl2N4S2/c1-20-11-7(5-16)12(19-13(17)18-11)21-6-8-9(14)3-2-4-10(8)15/h2-4H,6H2,1H3,(H2,17,18,19). The molecule has 0 saturated heterocycles. The first-order valence-corrected chi connectivity index (χ1v) is 8.70. The number of nitrogen functional groups attached to an aromatic ring is 1. The van der Waals surface area contributed by atoms with Crippen molar-refractivity contribution < 1.29 is 0 Å². The summed E-state index contributed by atoms with van der Waals surface area (Å²) in [5, 5.41) is 11.5. The second-order valence-corrected chi connectivity index (χ2v) is 6.45. The van der Waals surface area contributed by atoms with E-state index in [4.69, 9.17) is 28.9 Å². The third-order valence-corrected chi connectivity index (χ3v) is 4.97. The maximum absolute atomic E-state index is 9.28. The summed E-state index contributed by atoms with van der Waals surface area (Å²) in [6.45, 7) is 0. The molecule has 0 aliphatic heterocycles. The number of benzene rings is 1. The van der Waals surface area contributed by atoms with Gasteiger partial charge in [-0.15, -0.1) is 11.8 Å². The SMILES string of the molecule is CSc1nc(N)nc(SCc2c(Cl)cccc2Cl)c1C#N. The molecule has 4 nitrogen and oxygen atoms in total. The van der Waals surface area contributed by atoms with E-state index in [0.717, 1.165) is 5.56 Å². The van der Waals surface area contributed by atoms with Crippen molar-refractivity contribution in [1.29, 1.82) is 5.26 Å². The molecule has 21 heavy (non-hydrogen) atoms. The minimum Gasteiger partial charge on any atom is -0.368 e. The van der Waals surface area contributed by atoms with E-state index in [1.165, 1.54) is 23.5 Å². The maximum Gasteiger partial charge on any atom is 0.222 e. The zero-order valence-corrected chi connectivity index (χ0v) is 14.1. The van der Waals surface area contributed by atoms with Crippen LogP contribution in [-0.2, 0) is 5.75 Å². The third kappa shape index (κ3) is 3.74. The average molecular weight is 357 g/mol. The molecule has 1 heterocycles. The Morgan fingerprint density at radius 3 is 2.43 bits per heavy atom. The van der Waals surface area contributed by atoms with Crippen molar-refractivity contribution in [3.05, 3.63) is 39.4 Å². The van der Waals surface area contributed by atoms with Gasteiger partial charge in [0.05, 0.1) is 0 Å². The predicted molar refractivity (Wildman–Crippen MR) is 89.0 cm³/mol. The molecule has 0 spiro atoms. The summed E-state index contributed by atoms with van der Waals surface area (Å²) >= 11 is 15.0. The molecular formula is C13H10Cl2N4S2. The summed E-state index contributed by atoms with van der Waals surface area (Å²) in [6, 6.07) is 7.45. The van der Waals surface area contributed by atoms with Crippen LogP contribution in [0.4, 0.5) is 5.95 Å². The average Bonchev–Trinajstić information content (AvgIpc) is 2.46. The monoisotopic (exact) mass is 356 g/mol. The van der Waals surface area contributed by atoms with Crippen molar-refractivity contribution in [3.63, 3.8) is 0 Å². The lowest BCUT2D eigenvalue weighted by Crippen LogP contribution is -2.01. The van der Waals surface area contributed by atoms with Crippen LogP contribution in [0.2, 0.25) is 10.0 Å². The third-order valence-electron chi connectivity index (χ3n) is 2.58. The van der Waals surface area contributed by atoms with Crippen LogP contribution in [0.3, 0.4) is 0 Å². The number of aromatic nitrogens is 2. The van der Waals surface area contributed by atoms with Gasteiger partial charge in [-0.05, 0) is 24.0 Å². The number of halogens is 2. The van der Waals surface area contributed by atoms with E-state index in [1.54, 1.807) is 18.2 Å². The van der Waals surface area contributed by atoms with Gasteiger partial charge in [-0.1, -0.05) is 41.0 Å². The van der Waals surface area contributed by atoms with Crippen LogP contribution < -0.4 is 5.73 Å². The van der Waals surface area contributed by atoms with Gasteiger partial charge in [0.2, 0.25) is 5.95 Å². The van der Waals surface area contributed by atoms with E-state index in [9.17, 15) is 5.26 Å². The van der Waals surface area contributed by atoms with Crippen molar-refractivity contribution in [2.45, 2.75) is 15.8 Å². The van der Waals surface area contributed by atoms with Crippen molar-refractivity contribution in [2.75, 3.05) is 12.0 Å². The lowest BCUT2D eigenvalue weighted by molar-refractivity contribution is 0.961. The fourth-order valence-corrected chi connectivity index (χ4v) is 3.92. The molecule has 0 bridgehead atoms. The number of nitrogens with zero attached hydrogens (tertiary/aromatic N) is 3. The van der Waals surface area contributed by atoms with E-state index in [0.29, 0.717) is 31.4 Å². The quantitative estimate of drug-likeness (QED) is 0.651. The number of nitrogens with two attached hydrogens (primary N) is 1. The van der Waals surface area contributed by atoms with Gasteiger partial charge in [-0.3, -0.25) is 0 Å². The first-order chi connectivity index (χ1) is 10.1. The van der Waals surface area contributed by atoms with Gasteiger partial charge in [0.15, 0.2) is 0 Å². The zero-order valence-electron chi connectivity index (χ0n) is 10.9. The number of hydrogen-bond donors (Lipinski definition) is 1. The molecule has 1 aromatic heterocycles. The summed E-state index contributed by atoms with van der Waals surface area (Å²) in [5.41, 5.74) is 6.90. The van der Waals surface area contributed by atoms with Crippen LogP contribution in [0.5, 0.6) is 0 Å². The molecule has 0 radical (unpaired) electrons. The van der Waals surface area contributed by atoms with Gasteiger partial charge < -0.3 is 5.73 Å². The maximum atomic E-state index is 9.28. The molecule has 0 saturated carbocycles. The van der Waals surface area contributed by atoms with E-state index in [2.05, 4.69) is 16.0 Å². The number of anilines is 1. The second kappa shape index (κ2) is 7.23. The van der Waals surface area contributed by atoms with Crippen LogP contribution in [0, 0.1) is 11.3 Å². The van der Waals surface area contributed by atoms with E-state index in [1.807, 2.05) is 6.26 Å². The van der Waals surface area contributed by atoms with Crippen molar-refractivity contribution in [1.82, 2.24) is 9.97 Å². The Bertz CT molecular complexity index is 696. The van der Waals surface area contributed by atoms with Gasteiger partial charge in [0.25, 0.3) is 0 Å². The Morgan fingerprint density at radius 1 is 1.24 bits per heavy atom. The molecule has 0 amide bonds. The zero-order chi connectivity index (χ0) is 15.4. The van der Waals surface area contributed by atoms with E-state index < -0.39 is 0 Å². The molecule has 2 aromatic rings. The Hall–Kier alpha value is -1.13. The van der Waals surface area contributed by atoms with Gasteiger partial charge in [0, 0.05) is 15.8 Å². The van der Waals surface area contributed by atoms with Gasteiger partial charge >= 0.3 is 0 Å². The highest BCUT2D eigenvalue weighted by Crippen LogP contribution is 2.34. The molecule has 2 N–H and O–H groups in total. The van der Waals surface area contributed by atoms with Crippen LogP contribution in [-0.4, -0.2) is 16.2 Å². The Balaban J connectivity index is 2.32. The first kappa shape index (κ1) is 16.2. The molecule has 8 heteroatoms. The minimum absolute atomic E-state index is 0.145. The minimum atomic E-state index is 0.145. The summed E-state index contributed by atoms with van der Waals surface area (Å²) in [6.07, 6.45) is 1.84. The molecular weight excluding hydrogens is 347 g/mol. The van der Waals surface area contributed by atoms with Crippen LogP contribution in [0.1, 0.15) is 11.1 Å². The molecule has 1 aromatic carbocycles. The van der Waals surface area contributed by atoms with Gasteiger partial charge in [0.1, 0.15) is 21.7 Å². The number of hydrogen-bond acceptors (Lipinski definition) is 6. The Morgan fingerprint density at radius 2 is 1.86 bits per heavy atom. The highest BCUT2D eigenvalue weighted by molar-refractivity contribution is 7.99. The highest BCUT2D eigenvalue weighted by atomic mass is 35.5. The summed E-state index contributed by atoms with van der Waals surface area (Å²) in [4.78, 5) is 8.19. The topological polar surface area (TPSA) is 75.6 Å². The summed E-state index contributed by atoms with van der Waals surface area (Å²) in [7, 11) is 0. The fourth-order valence-electron chi connectivity index (χ4n) is 1.59. The fraction of sp³-hybridized carbons (Fsp3) is 0.154. The molecule has 0 unspecified atom stereocenters. The lowest BCUT2D eigenvalue weighted by atomic mass is 10.2. The van der Waals surface area contributed by atoms with Crippen molar-refractivity contribution in [2.24, 2.45) is 0 Å². The molecule has 0 fully saturated rings. The van der Waals surface area contributed by atoms with Crippen molar-refractivity contribution in [3.8, 4) is 6.07 Å². The Labute approximate surface area is 141 Å². The highest BCUT2D eigenvalue weighted by Gasteiger charge is 2.15. The first-order valence-electron chi connectivity index (χ1n) is 5.74. The molecule has 0 aliphatic rings. The van der Waals surface area contributed by atoms with E-state index >= 15 is 0 Å². The summed E-state index contributed by atoms with van der Waals surface area (Å²) < 4.78 is 0. The molecule has 0 atom stereocenters. The molecule has 0 aliphatic carbocycles. The second-order valence-electron chi connectivity index (χ2n) is 3.87. The van der Waals surface area contributed by atoms with Crippen LogP contribution >= 0.6 is 46.7 Å². The molecule has 108 valence electrons. The van der Waals surface area contributed by atoms with Gasteiger partial charge in [-0.2, -0.15) is 5.26 Å². The normalized spacial score (nSPS) is 10.4. The number of nitriles is 1. The van der Waals surface area contributed by atoms with Crippen molar-refractivity contribution >= 4 is 52.7 Å². The largest absolute Gasteiger partial charge is 0.368 e. The summed E-state index contributed by atoms with van der Waals surface area (Å²) in [5.74, 6) is 0.642. The number of rotatable bonds is 4. The van der Waals surface area contributed by atoms with Crippen LogP contribution in [0.25, 0.3) is 0 Å². The predicted octanol–water partition coefficient (Wildman–Crippen LogP) is 4.25. The smallest absolute Gasteiger partial charge is 0.222 e. The Kier molecular flexibility index (Phi) is 5.59.